The van der Waals surface area contributed by atoms with Crippen LogP contribution < -0.4 is 31.3 Å². The number of halogens is 1. The predicted octanol–water partition coefficient (Wildman–Crippen LogP) is 0.256. The van der Waals surface area contributed by atoms with E-state index in [-0.39, 0.29) is 6.61 Å². The zero-order chi connectivity index (χ0) is 18.5. The van der Waals surface area contributed by atoms with Crippen molar-refractivity contribution in [3.63, 3.8) is 0 Å². The van der Waals surface area contributed by atoms with E-state index >= 15 is 0 Å². The van der Waals surface area contributed by atoms with E-state index in [0.29, 0.717) is 49.1 Å². The fourth-order valence-corrected chi connectivity index (χ4v) is 3.37. The largest absolute Gasteiger partial charge is 0.395 e. The first-order chi connectivity index (χ1) is 12.6. The van der Waals surface area contributed by atoms with Gasteiger partial charge in [0.15, 0.2) is 0 Å². The third-order valence-electron chi connectivity index (χ3n) is 4.55. The molecule has 0 aromatic heterocycles. The van der Waals surface area contributed by atoms with Gasteiger partial charge in [0.25, 0.3) is 10.9 Å². The third kappa shape index (κ3) is 4.00. The quantitative estimate of drug-likeness (QED) is 0.448. The highest BCUT2D eigenvalue weighted by Gasteiger charge is 2.28. The molecule has 3 rings (SSSR count). The van der Waals surface area contributed by atoms with Gasteiger partial charge in [0, 0.05) is 56.5 Å². The monoisotopic (exact) mass is 378 g/mol. The van der Waals surface area contributed by atoms with E-state index < -0.39 is 10.9 Å². The first-order valence-electron chi connectivity index (χ1n) is 8.76. The van der Waals surface area contributed by atoms with Gasteiger partial charge < -0.3 is 25.5 Å². The molecule has 1 aliphatic rings. The van der Waals surface area contributed by atoms with Crippen molar-refractivity contribution < 1.29 is 5.11 Å². The fraction of sp³-hybridized carbons (Fsp3) is 0.444. The summed E-state index contributed by atoms with van der Waals surface area (Å²) in [5, 5.41) is 15.5. The molecule has 0 spiro atoms. The van der Waals surface area contributed by atoms with Crippen LogP contribution in [0.25, 0.3) is 0 Å². The summed E-state index contributed by atoms with van der Waals surface area (Å²) in [6.45, 7) is 4.59. The van der Waals surface area contributed by atoms with Gasteiger partial charge in [-0.25, -0.2) is 0 Å². The number of benzene rings is 1. The van der Waals surface area contributed by atoms with Gasteiger partial charge in [0.1, 0.15) is 11.4 Å². The van der Waals surface area contributed by atoms with Gasteiger partial charge in [-0.2, -0.15) is 0 Å². The maximum atomic E-state index is 12.0. The summed E-state index contributed by atoms with van der Waals surface area (Å²) in [5.41, 5.74) is 1.13. The number of nitrogens with zero attached hydrogens (tertiary/aromatic N) is 2. The summed E-state index contributed by atoms with van der Waals surface area (Å²) in [7, 11) is 0. The van der Waals surface area contributed by atoms with E-state index in [4.69, 9.17) is 16.7 Å². The Morgan fingerprint density at radius 1 is 1.00 bits per heavy atom. The van der Waals surface area contributed by atoms with Gasteiger partial charge in [-0.3, -0.25) is 9.59 Å². The molecule has 0 saturated carbocycles. The predicted molar refractivity (Wildman–Crippen MR) is 106 cm³/mol. The number of piperazine rings is 1. The van der Waals surface area contributed by atoms with Gasteiger partial charge in [0.05, 0.1) is 6.61 Å². The van der Waals surface area contributed by atoms with Crippen LogP contribution in [0.4, 0.5) is 17.1 Å². The molecular weight excluding hydrogens is 356 g/mol. The second-order valence-electron chi connectivity index (χ2n) is 6.24. The zero-order valence-electron chi connectivity index (χ0n) is 14.5. The van der Waals surface area contributed by atoms with Crippen LogP contribution in [0.2, 0.25) is 5.02 Å². The van der Waals surface area contributed by atoms with E-state index in [1.165, 1.54) is 0 Å². The van der Waals surface area contributed by atoms with Crippen LogP contribution in [0.1, 0.15) is 0 Å². The SMILES string of the molecule is O=c1c(NCCNCCO)c(N2CCN(c3cccc(Cl)c3)CC2)c1=O. The van der Waals surface area contributed by atoms with Crippen molar-refractivity contribution in [2.45, 2.75) is 0 Å². The van der Waals surface area contributed by atoms with Crippen LogP contribution >= 0.6 is 11.6 Å². The van der Waals surface area contributed by atoms with Gasteiger partial charge >= 0.3 is 0 Å². The summed E-state index contributed by atoms with van der Waals surface area (Å²) in [6.07, 6.45) is 0. The van der Waals surface area contributed by atoms with Gasteiger partial charge in [-0.15, -0.1) is 0 Å². The molecule has 0 amide bonds. The average molecular weight is 379 g/mol. The maximum absolute atomic E-state index is 12.0. The molecule has 140 valence electrons. The highest BCUT2D eigenvalue weighted by atomic mass is 35.5. The summed E-state index contributed by atoms with van der Waals surface area (Å²) in [6, 6.07) is 7.72. The molecule has 1 fully saturated rings. The normalized spacial score (nSPS) is 14.8. The fourth-order valence-electron chi connectivity index (χ4n) is 3.19. The van der Waals surface area contributed by atoms with E-state index in [0.717, 1.165) is 18.8 Å². The van der Waals surface area contributed by atoms with E-state index in [1.54, 1.807) is 0 Å². The molecule has 7 nitrogen and oxygen atoms in total. The minimum Gasteiger partial charge on any atom is -0.395 e. The zero-order valence-corrected chi connectivity index (χ0v) is 15.3. The molecular formula is C18H23ClN4O3. The third-order valence-corrected chi connectivity index (χ3v) is 4.78. The van der Waals surface area contributed by atoms with Crippen LogP contribution in [-0.4, -0.2) is 57.5 Å². The number of aliphatic hydroxyl groups is 1. The van der Waals surface area contributed by atoms with Gasteiger partial charge in [0.2, 0.25) is 0 Å². The summed E-state index contributed by atoms with van der Waals surface area (Å²) >= 11 is 6.06. The lowest BCUT2D eigenvalue weighted by Gasteiger charge is -2.38. The van der Waals surface area contributed by atoms with Crippen molar-refractivity contribution in [3.05, 3.63) is 49.7 Å². The van der Waals surface area contributed by atoms with Crippen LogP contribution in [0, 0.1) is 0 Å². The minimum atomic E-state index is -0.445. The Bertz CT molecular complexity index is 811. The van der Waals surface area contributed by atoms with Gasteiger partial charge in [-0.05, 0) is 18.2 Å². The number of aliphatic hydroxyl groups excluding tert-OH is 1. The topological polar surface area (TPSA) is 84.9 Å². The molecule has 2 aromatic carbocycles. The molecule has 0 atom stereocenters. The van der Waals surface area contributed by atoms with Crippen molar-refractivity contribution in [2.75, 3.05) is 67.5 Å². The molecule has 1 heterocycles. The standard InChI is InChI=1S/C18H23ClN4O3/c19-13-2-1-3-14(12-13)22-7-9-23(10-8-22)16-15(17(25)18(16)26)21-5-4-20-6-11-24/h1-3,12,20-21,24H,4-11H2. The Kier molecular flexibility index (Phi) is 6.13. The summed E-state index contributed by atoms with van der Waals surface area (Å²) in [4.78, 5) is 28.1. The van der Waals surface area contributed by atoms with Crippen molar-refractivity contribution in [1.82, 2.24) is 5.32 Å². The lowest BCUT2D eigenvalue weighted by atomic mass is 10.1. The number of hydrogen-bond acceptors (Lipinski definition) is 7. The molecule has 2 aromatic rings. The number of anilines is 3. The molecule has 26 heavy (non-hydrogen) atoms. The summed E-state index contributed by atoms with van der Waals surface area (Å²) < 4.78 is 0. The first kappa shape index (κ1) is 18.7. The molecule has 0 radical (unpaired) electrons. The van der Waals surface area contributed by atoms with Crippen LogP contribution in [-0.2, 0) is 0 Å². The molecule has 0 aliphatic carbocycles. The molecule has 3 N–H and O–H groups in total. The Morgan fingerprint density at radius 2 is 1.73 bits per heavy atom. The second-order valence-corrected chi connectivity index (χ2v) is 6.67. The van der Waals surface area contributed by atoms with Crippen LogP contribution in [0.15, 0.2) is 33.9 Å². The lowest BCUT2D eigenvalue weighted by Crippen LogP contribution is -2.51. The average Bonchev–Trinajstić information content (AvgIpc) is 2.66. The van der Waals surface area contributed by atoms with Crippen molar-refractivity contribution in [3.8, 4) is 0 Å². The molecule has 8 heteroatoms. The molecule has 1 saturated heterocycles. The Hall–Kier alpha value is -2.09. The first-order valence-corrected chi connectivity index (χ1v) is 9.14. The highest BCUT2D eigenvalue weighted by molar-refractivity contribution is 6.30. The maximum Gasteiger partial charge on any atom is 0.253 e. The number of nitrogens with one attached hydrogen (secondary N) is 2. The minimum absolute atomic E-state index is 0.0717. The Morgan fingerprint density at radius 3 is 2.42 bits per heavy atom. The number of rotatable bonds is 8. The van der Waals surface area contributed by atoms with Crippen molar-refractivity contribution >= 4 is 28.7 Å². The summed E-state index contributed by atoms with van der Waals surface area (Å²) in [5.74, 6) is 0. The number of hydrogen-bond donors (Lipinski definition) is 3. The van der Waals surface area contributed by atoms with Crippen LogP contribution in [0.3, 0.4) is 0 Å². The van der Waals surface area contributed by atoms with E-state index in [1.807, 2.05) is 29.2 Å². The van der Waals surface area contributed by atoms with E-state index in [9.17, 15) is 9.59 Å². The lowest BCUT2D eigenvalue weighted by molar-refractivity contribution is 0.293. The Labute approximate surface area is 156 Å². The highest BCUT2D eigenvalue weighted by Crippen LogP contribution is 2.25. The van der Waals surface area contributed by atoms with E-state index in [2.05, 4.69) is 15.5 Å². The Balaban J connectivity index is 1.58. The smallest absolute Gasteiger partial charge is 0.253 e. The molecule has 1 aliphatic heterocycles. The second kappa shape index (κ2) is 8.53. The van der Waals surface area contributed by atoms with Crippen molar-refractivity contribution in [2.24, 2.45) is 0 Å². The van der Waals surface area contributed by atoms with Gasteiger partial charge in [-0.1, -0.05) is 17.7 Å². The molecule has 0 bridgehead atoms. The molecule has 0 unspecified atom stereocenters. The van der Waals surface area contributed by atoms with Crippen LogP contribution in [0.5, 0.6) is 0 Å². The van der Waals surface area contributed by atoms with Crippen molar-refractivity contribution in [1.29, 1.82) is 0 Å².